The molecule has 0 saturated carbocycles. The number of benzene rings is 2. The van der Waals surface area contributed by atoms with E-state index in [0.29, 0.717) is 19.6 Å². The molecule has 0 fully saturated rings. The van der Waals surface area contributed by atoms with E-state index in [-0.39, 0.29) is 22.8 Å². The highest BCUT2D eigenvalue weighted by Crippen LogP contribution is 2.19. The largest absolute Gasteiger partial charge is 0.398 e. The van der Waals surface area contributed by atoms with Gasteiger partial charge in [-0.2, -0.15) is 0 Å². The van der Waals surface area contributed by atoms with Gasteiger partial charge in [-0.05, 0) is 30.3 Å². The lowest BCUT2D eigenvalue weighted by Crippen LogP contribution is -2.38. The topological polar surface area (TPSA) is 96.2 Å². The van der Waals surface area contributed by atoms with Gasteiger partial charge in [-0.25, -0.2) is 9.18 Å². The van der Waals surface area contributed by atoms with Crippen LogP contribution in [0.4, 0.5) is 10.1 Å². The number of hydrogen-bond acceptors (Lipinski definition) is 4. The van der Waals surface area contributed by atoms with Gasteiger partial charge in [0.1, 0.15) is 5.82 Å². The number of nitrogens with one attached hydrogen (secondary N) is 2. The van der Waals surface area contributed by atoms with Gasteiger partial charge < -0.3 is 16.0 Å². The molecular weight excluding hydrogens is 373 g/mol. The minimum atomic E-state index is -0.468. The second kappa shape index (κ2) is 7.92. The number of hydrogen-bond donors (Lipinski definition) is 3. The number of nitrogen functional groups attached to an aromatic ring is 1. The Balaban J connectivity index is 1.35. The van der Waals surface area contributed by atoms with Gasteiger partial charge >= 0.3 is 5.69 Å². The molecule has 2 heterocycles. The third-order valence-corrected chi connectivity index (χ3v) is 5.12. The Hall–Kier alpha value is -3.39. The maximum absolute atomic E-state index is 13.1. The molecule has 1 aliphatic rings. The first-order valence-corrected chi connectivity index (χ1v) is 9.47. The fraction of sp³-hybridized carbons (Fsp3) is 0.238. The number of aromatic amines is 1. The molecule has 0 radical (unpaired) electrons. The number of para-hydroxylation sites is 2. The van der Waals surface area contributed by atoms with Gasteiger partial charge in [0.05, 0.1) is 16.6 Å². The van der Waals surface area contributed by atoms with E-state index >= 15 is 0 Å². The van der Waals surface area contributed by atoms with E-state index in [1.165, 1.54) is 12.1 Å². The Morgan fingerprint density at radius 2 is 2.07 bits per heavy atom. The molecule has 4 N–H and O–H groups in total. The van der Waals surface area contributed by atoms with Crippen molar-refractivity contribution in [1.82, 2.24) is 19.8 Å². The summed E-state index contributed by atoms with van der Waals surface area (Å²) in [7, 11) is 0. The Morgan fingerprint density at radius 1 is 1.24 bits per heavy atom. The highest BCUT2D eigenvalue weighted by molar-refractivity contribution is 5.99. The predicted octanol–water partition coefficient (Wildman–Crippen LogP) is 2.03. The van der Waals surface area contributed by atoms with E-state index in [2.05, 4.69) is 15.2 Å². The zero-order valence-corrected chi connectivity index (χ0v) is 15.8. The number of nitrogens with zero attached hydrogens (tertiary/aromatic N) is 2. The van der Waals surface area contributed by atoms with Gasteiger partial charge in [0.25, 0.3) is 5.91 Å². The molecule has 7 nitrogen and oxygen atoms in total. The van der Waals surface area contributed by atoms with E-state index in [9.17, 15) is 14.0 Å². The number of amides is 1. The van der Waals surface area contributed by atoms with Gasteiger partial charge in [0.2, 0.25) is 0 Å². The minimum Gasteiger partial charge on any atom is -0.398 e. The van der Waals surface area contributed by atoms with Crippen LogP contribution in [0, 0.1) is 5.82 Å². The first-order chi connectivity index (χ1) is 14.0. The number of nitrogens with two attached hydrogens (primary N) is 1. The fourth-order valence-corrected chi connectivity index (χ4v) is 3.61. The lowest BCUT2D eigenvalue weighted by molar-refractivity contribution is 0.0950. The fourth-order valence-electron chi connectivity index (χ4n) is 3.61. The quantitative estimate of drug-likeness (QED) is 0.576. The molecule has 1 amide bonds. The van der Waals surface area contributed by atoms with Crippen LogP contribution in [0.15, 0.2) is 53.3 Å². The van der Waals surface area contributed by atoms with Crippen molar-refractivity contribution in [2.24, 2.45) is 0 Å². The number of halogens is 1. The highest BCUT2D eigenvalue weighted by Gasteiger charge is 2.17. The smallest absolute Gasteiger partial charge is 0.330 e. The number of fused-ring (bicyclic) bond motifs is 1. The molecule has 29 heavy (non-hydrogen) atoms. The lowest BCUT2D eigenvalue weighted by Gasteiger charge is -2.26. The van der Waals surface area contributed by atoms with Crippen LogP contribution in [0.3, 0.4) is 0 Å². The summed E-state index contributed by atoms with van der Waals surface area (Å²) >= 11 is 0. The average molecular weight is 395 g/mol. The number of H-pyrrole nitrogens is 1. The summed E-state index contributed by atoms with van der Waals surface area (Å²) in [5.41, 5.74) is 8.64. The number of imidazole rings is 1. The molecule has 0 spiro atoms. The number of carbonyl (C=O) groups excluding carboxylic acids is 1. The molecule has 0 saturated heterocycles. The molecule has 4 rings (SSSR count). The average Bonchev–Trinajstić information content (AvgIpc) is 3.04. The van der Waals surface area contributed by atoms with Gasteiger partial charge in [-0.1, -0.05) is 18.2 Å². The van der Waals surface area contributed by atoms with Crippen LogP contribution in [-0.2, 0) is 0 Å². The molecule has 0 atom stereocenters. The molecular formula is C21H22FN5O2. The van der Waals surface area contributed by atoms with E-state index in [1.807, 2.05) is 30.3 Å². The molecule has 3 aromatic rings. The second-order valence-corrected chi connectivity index (χ2v) is 7.02. The van der Waals surface area contributed by atoms with E-state index in [4.69, 9.17) is 5.73 Å². The van der Waals surface area contributed by atoms with Crippen LogP contribution >= 0.6 is 0 Å². The monoisotopic (exact) mass is 395 g/mol. The van der Waals surface area contributed by atoms with E-state index in [0.717, 1.165) is 35.8 Å². The van der Waals surface area contributed by atoms with Gasteiger partial charge in [0.15, 0.2) is 0 Å². The third-order valence-electron chi connectivity index (χ3n) is 5.12. The maximum Gasteiger partial charge on any atom is 0.330 e. The molecule has 2 aromatic carbocycles. The van der Waals surface area contributed by atoms with Crippen molar-refractivity contribution >= 4 is 28.3 Å². The molecule has 1 aromatic heterocycles. The van der Waals surface area contributed by atoms with Crippen LogP contribution < -0.4 is 16.7 Å². The first-order valence-electron chi connectivity index (χ1n) is 9.47. The Bertz CT molecular complexity index is 1150. The number of anilines is 1. The molecule has 0 aliphatic carbocycles. The highest BCUT2D eigenvalue weighted by atomic mass is 19.1. The van der Waals surface area contributed by atoms with Crippen LogP contribution in [0.5, 0.6) is 0 Å². The standard InChI is InChI=1S/C21H22FN5O2/c22-14-5-6-16(17(23)13-14)20(28)24-9-12-26-10-7-15(8-11-26)27-19-4-2-1-3-18(19)25-21(27)29/h1-7,13H,8-12,23H2,(H,24,28)(H,25,29). The SMILES string of the molecule is Nc1cc(F)ccc1C(=O)NCCN1CC=C(n2c(=O)[nH]c3ccccc32)CC1. The van der Waals surface area contributed by atoms with E-state index in [1.54, 1.807) is 4.57 Å². The molecule has 0 unspecified atom stereocenters. The van der Waals surface area contributed by atoms with Gasteiger partial charge in [0, 0.05) is 44.0 Å². The Morgan fingerprint density at radius 3 is 2.83 bits per heavy atom. The third kappa shape index (κ3) is 3.93. The van der Waals surface area contributed by atoms with Crippen molar-refractivity contribution in [3.8, 4) is 0 Å². The van der Waals surface area contributed by atoms with Crippen molar-refractivity contribution in [3.63, 3.8) is 0 Å². The van der Waals surface area contributed by atoms with Gasteiger partial charge in [-0.15, -0.1) is 0 Å². The van der Waals surface area contributed by atoms with E-state index < -0.39 is 5.82 Å². The molecule has 8 heteroatoms. The predicted molar refractivity (Wildman–Crippen MR) is 111 cm³/mol. The zero-order valence-electron chi connectivity index (χ0n) is 15.8. The number of carbonyl (C=O) groups is 1. The number of rotatable bonds is 5. The summed E-state index contributed by atoms with van der Waals surface area (Å²) in [6.45, 7) is 2.59. The number of aromatic nitrogens is 2. The van der Waals surface area contributed by atoms with Crippen molar-refractivity contribution in [3.05, 3.63) is 70.4 Å². The Kier molecular flexibility index (Phi) is 5.18. The Labute approximate surface area is 166 Å². The second-order valence-electron chi connectivity index (χ2n) is 7.02. The summed E-state index contributed by atoms with van der Waals surface area (Å²) in [5, 5.41) is 2.81. The van der Waals surface area contributed by atoms with Crippen LogP contribution in [0.1, 0.15) is 16.8 Å². The normalized spacial score (nSPS) is 14.7. The molecule has 0 bridgehead atoms. The van der Waals surface area contributed by atoms with Crippen molar-refractivity contribution in [2.75, 3.05) is 31.9 Å². The van der Waals surface area contributed by atoms with Crippen LogP contribution in [0.25, 0.3) is 16.7 Å². The summed E-state index contributed by atoms with van der Waals surface area (Å²) in [6, 6.07) is 11.4. The van der Waals surface area contributed by atoms with Crippen LogP contribution in [0.2, 0.25) is 0 Å². The molecule has 1 aliphatic heterocycles. The first kappa shape index (κ1) is 18.9. The minimum absolute atomic E-state index is 0.122. The zero-order chi connectivity index (χ0) is 20.4. The van der Waals surface area contributed by atoms with Crippen molar-refractivity contribution in [2.45, 2.75) is 6.42 Å². The maximum atomic E-state index is 13.1. The summed E-state index contributed by atoms with van der Waals surface area (Å²) < 4.78 is 14.8. The lowest BCUT2D eigenvalue weighted by atomic mass is 10.1. The summed E-state index contributed by atoms with van der Waals surface area (Å²) in [5.74, 6) is -0.787. The molecule has 150 valence electrons. The van der Waals surface area contributed by atoms with Crippen molar-refractivity contribution in [1.29, 1.82) is 0 Å². The van der Waals surface area contributed by atoms with Crippen molar-refractivity contribution < 1.29 is 9.18 Å². The van der Waals surface area contributed by atoms with Gasteiger partial charge in [-0.3, -0.25) is 14.3 Å². The summed E-state index contributed by atoms with van der Waals surface area (Å²) in [6.07, 6.45) is 2.78. The van der Waals surface area contributed by atoms with Crippen LogP contribution in [-0.4, -0.2) is 46.5 Å². The summed E-state index contributed by atoms with van der Waals surface area (Å²) in [4.78, 5) is 29.6.